The molecule has 0 saturated heterocycles. The molecule has 1 nitrogen and oxygen atoms in total. The Labute approximate surface area is 76.6 Å². The van der Waals surface area contributed by atoms with Crippen LogP contribution in [0.1, 0.15) is 20.8 Å². The second-order valence-corrected chi connectivity index (χ2v) is 4.25. The molecule has 0 amide bonds. The average Bonchev–Trinajstić information content (AvgIpc) is 2.32. The van der Waals surface area contributed by atoms with Gasteiger partial charge in [0.15, 0.2) is 0 Å². The van der Waals surface area contributed by atoms with Crippen molar-refractivity contribution >= 4 is 16.8 Å². The van der Waals surface area contributed by atoms with E-state index in [1.54, 1.807) is 0 Å². The quantitative estimate of drug-likeness (QED) is 0.612. The van der Waals surface area contributed by atoms with E-state index in [9.17, 15) is 9.18 Å². The first-order valence-electron chi connectivity index (χ1n) is 3.90. The summed E-state index contributed by atoms with van der Waals surface area (Å²) in [7, 11) is 0. The van der Waals surface area contributed by atoms with Gasteiger partial charge in [0.05, 0.1) is 5.83 Å². The second-order valence-electron chi connectivity index (χ2n) is 3.88. The standard InChI is InChI=1S/C9H12ClFO/c1-5(11)4-6-7(8(10)12)9(6,2)3/h4,6-7H,1-3H3/b5-4+. The van der Waals surface area contributed by atoms with Gasteiger partial charge in [-0.1, -0.05) is 13.8 Å². The van der Waals surface area contributed by atoms with Crippen LogP contribution < -0.4 is 0 Å². The maximum atomic E-state index is 12.5. The minimum absolute atomic E-state index is 0.0208. The monoisotopic (exact) mass is 190 g/mol. The van der Waals surface area contributed by atoms with Gasteiger partial charge < -0.3 is 0 Å². The summed E-state index contributed by atoms with van der Waals surface area (Å²) in [6.45, 7) is 5.22. The van der Waals surface area contributed by atoms with E-state index in [0.29, 0.717) is 0 Å². The molecule has 2 atom stereocenters. The Hall–Kier alpha value is -0.370. The molecule has 12 heavy (non-hydrogen) atoms. The van der Waals surface area contributed by atoms with Gasteiger partial charge in [-0.2, -0.15) is 0 Å². The van der Waals surface area contributed by atoms with Crippen molar-refractivity contribution in [3.05, 3.63) is 11.9 Å². The van der Waals surface area contributed by atoms with E-state index >= 15 is 0 Å². The highest BCUT2D eigenvalue weighted by Gasteiger charge is 2.60. The minimum atomic E-state index is -0.359. The highest BCUT2D eigenvalue weighted by molar-refractivity contribution is 6.64. The molecule has 68 valence electrons. The van der Waals surface area contributed by atoms with Gasteiger partial charge in [-0.15, -0.1) is 0 Å². The fourth-order valence-corrected chi connectivity index (χ4v) is 2.09. The van der Waals surface area contributed by atoms with E-state index in [1.165, 1.54) is 13.0 Å². The summed E-state index contributed by atoms with van der Waals surface area (Å²) in [5, 5.41) is -0.359. The third-order valence-corrected chi connectivity index (χ3v) is 2.80. The zero-order chi connectivity index (χ0) is 9.52. The number of halogens is 2. The van der Waals surface area contributed by atoms with E-state index in [2.05, 4.69) is 0 Å². The van der Waals surface area contributed by atoms with Crippen molar-refractivity contribution in [3.63, 3.8) is 0 Å². The van der Waals surface area contributed by atoms with Gasteiger partial charge >= 0.3 is 0 Å². The molecule has 0 aromatic heterocycles. The van der Waals surface area contributed by atoms with Crippen molar-refractivity contribution in [2.45, 2.75) is 20.8 Å². The molecule has 0 bridgehead atoms. The van der Waals surface area contributed by atoms with Crippen LogP contribution in [-0.2, 0) is 4.79 Å². The van der Waals surface area contributed by atoms with E-state index in [-0.39, 0.29) is 28.3 Å². The molecule has 1 aliphatic carbocycles. The van der Waals surface area contributed by atoms with Crippen LogP contribution in [0, 0.1) is 17.3 Å². The van der Waals surface area contributed by atoms with Crippen LogP contribution in [0.15, 0.2) is 11.9 Å². The van der Waals surface area contributed by atoms with E-state index in [0.717, 1.165) is 0 Å². The highest BCUT2D eigenvalue weighted by atomic mass is 35.5. The largest absolute Gasteiger partial charge is 0.281 e. The van der Waals surface area contributed by atoms with Crippen LogP contribution in [0.3, 0.4) is 0 Å². The summed E-state index contributed by atoms with van der Waals surface area (Å²) in [5.74, 6) is -0.467. The summed E-state index contributed by atoms with van der Waals surface area (Å²) < 4.78 is 12.5. The molecule has 0 radical (unpaired) electrons. The molecule has 1 rings (SSSR count). The zero-order valence-corrected chi connectivity index (χ0v) is 8.15. The lowest BCUT2D eigenvalue weighted by molar-refractivity contribution is -0.113. The molecule has 1 aliphatic rings. The third kappa shape index (κ3) is 1.53. The highest BCUT2D eigenvalue weighted by Crippen LogP contribution is 2.60. The fourth-order valence-electron chi connectivity index (χ4n) is 1.67. The second kappa shape index (κ2) is 2.84. The van der Waals surface area contributed by atoms with Crippen LogP contribution in [0.25, 0.3) is 0 Å². The van der Waals surface area contributed by atoms with Gasteiger partial charge in [0.2, 0.25) is 5.24 Å². The lowest BCUT2D eigenvalue weighted by atomic mass is 10.1. The number of rotatable bonds is 2. The van der Waals surface area contributed by atoms with Crippen molar-refractivity contribution < 1.29 is 9.18 Å². The summed E-state index contributed by atoms with van der Waals surface area (Å²) >= 11 is 5.35. The summed E-state index contributed by atoms with van der Waals surface area (Å²) in [6, 6.07) is 0. The number of allylic oxidation sites excluding steroid dienone is 2. The molecule has 2 unspecified atom stereocenters. The summed E-state index contributed by atoms with van der Waals surface area (Å²) in [4.78, 5) is 10.8. The van der Waals surface area contributed by atoms with Crippen LogP contribution >= 0.6 is 11.6 Å². The smallest absolute Gasteiger partial charge is 0.225 e. The predicted octanol–water partition coefficient (Wildman–Crippen LogP) is 2.90. The number of hydrogen-bond donors (Lipinski definition) is 0. The molecule has 0 N–H and O–H groups in total. The maximum Gasteiger partial charge on any atom is 0.225 e. The normalized spacial score (nSPS) is 33.2. The van der Waals surface area contributed by atoms with Crippen molar-refractivity contribution in [3.8, 4) is 0 Å². The van der Waals surface area contributed by atoms with Crippen molar-refractivity contribution in [1.82, 2.24) is 0 Å². The van der Waals surface area contributed by atoms with Gasteiger partial charge in [0, 0.05) is 5.92 Å². The first kappa shape index (κ1) is 9.72. The average molecular weight is 191 g/mol. The van der Waals surface area contributed by atoms with Crippen molar-refractivity contribution in [1.29, 1.82) is 0 Å². The first-order chi connectivity index (χ1) is 5.37. The first-order valence-corrected chi connectivity index (χ1v) is 4.28. The number of carbonyl (C=O) groups is 1. The lowest BCUT2D eigenvalue weighted by Crippen LogP contribution is -1.96. The molecule has 1 saturated carbocycles. The number of carbonyl (C=O) groups excluding carboxylic acids is 1. The number of hydrogen-bond acceptors (Lipinski definition) is 1. The molecular formula is C9H12ClFO. The molecular weight excluding hydrogens is 179 g/mol. The van der Waals surface area contributed by atoms with E-state index in [4.69, 9.17) is 11.6 Å². The van der Waals surface area contributed by atoms with E-state index in [1.807, 2.05) is 13.8 Å². The Balaban J connectivity index is 2.73. The third-order valence-electron chi connectivity index (χ3n) is 2.56. The SMILES string of the molecule is C/C(F)=C\C1C(C(=O)Cl)C1(C)C. The molecule has 0 aromatic rings. The van der Waals surface area contributed by atoms with Crippen LogP contribution in [0.4, 0.5) is 4.39 Å². The van der Waals surface area contributed by atoms with Crippen molar-refractivity contribution in [2.24, 2.45) is 17.3 Å². The van der Waals surface area contributed by atoms with Crippen molar-refractivity contribution in [2.75, 3.05) is 0 Å². The zero-order valence-electron chi connectivity index (χ0n) is 7.40. The molecule has 1 fully saturated rings. The molecule has 3 heteroatoms. The van der Waals surface area contributed by atoms with Gasteiger partial charge in [-0.25, -0.2) is 4.39 Å². The van der Waals surface area contributed by atoms with Crippen LogP contribution in [0.5, 0.6) is 0 Å². The summed E-state index contributed by atoms with van der Waals surface area (Å²) in [5.41, 5.74) is -0.161. The summed E-state index contributed by atoms with van der Waals surface area (Å²) in [6.07, 6.45) is 1.48. The predicted molar refractivity (Wildman–Crippen MR) is 46.5 cm³/mol. The Morgan fingerprint density at radius 2 is 2.08 bits per heavy atom. The molecule has 0 aliphatic heterocycles. The Morgan fingerprint density at radius 3 is 2.33 bits per heavy atom. The molecule has 0 aromatic carbocycles. The van der Waals surface area contributed by atoms with Crippen LogP contribution in [-0.4, -0.2) is 5.24 Å². The van der Waals surface area contributed by atoms with E-state index < -0.39 is 0 Å². The lowest BCUT2D eigenvalue weighted by Gasteiger charge is -1.96. The Kier molecular flexibility index (Phi) is 2.30. The molecule has 0 spiro atoms. The van der Waals surface area contributed by atoms with Crippen LogP contribution in [0.2, 0.25) is 0 Å². The van der Waals surface area contributed by atoms with Gasteiger partial charge in [0.25, 0.3) is 0 Å². The van der Waals surface area contributed by atoms with Gasteiger partial charge in [-0.05, 0) is 35.9 Å². The maximum absolute atomic E-state index is 12.5. The Morgan fingerprint density at radius 1 is 1.58 bits per heavy atom. The minimum Gasteiger partial charge on any atom is -0.281 e. The van der Waals surface area contributed by atoms with Gasteiger partial charge in [0.1, 0.15) is 0 Å². The Bertz CT molecular complexity index is 241. The fraction of sp³-hybridized carbons (Fsp3) is 0.667. The topological polar surface area (TPSA) is 17.1 Å². The van der Waals surface area contributed by atoms with Gasteiger partial charge in [-0.3, -0.25) is 4.79 Å². The molecule has 0 heterocycles.